The monoisotopic (exact) mass is 486 g/mol. The summed E-state index contributed by atoms with van der Waals surface area (Å²) in [5, 5.41) is 14.0. The Hall–Kier alpha value is -3.52. The minimum atomic E-state index is -0.0590. The molecule has 1 N–H and O–H groups in total. The molecule has 0 spiro atoms. The van der Waals surface area contributed by atoms with Crippen LogP contribution in [0.25, 0.3) is 10.9 Å². The Kier molecular flexibility index (Phi) is 7.13. The Morgan fingerprint density at radius 3 is 2.61 bits per heavy atom. The van der Waals surface area contributed by atoms with Crippen molar-refractivity contribution in [3.8, 4) is 5.75 Å². The van der Waals surface area contributed by atoms with Gasteiger partial charge in [0.25, 0.3) is 5.56 Å². The number of nitrogens with zero attached hydrogens (tertiary/aromatic N) is 5. The van der Waals surface area contributed by atoms with Gasteiger partial charge in [-0.1, -0.05) is 43.5 Å². The zero-order valence-electron chi connectivity index (χ0n) is 21.3. The molecule has 8 nitrogen and oxygen atoms in total. The van der Waals surface area contributed by atoms with Crippen LogP contribution in [-0.4, -0.2) is 37.2 Å². The summed E-state index contributed by atoms with van der Waals surface area (Å²) in [4.78, 5) is 18.5. The van der Waals surface area contributed by atoms with Gasteiger partial charge in [0.1, 0.15) is 5.75 Å². The van der Waals surface area contributed by atoms with Crippen molar-refractivity contribution in [3.05, 3.63) is 81.4 Å². The van der Waals surface area contributed by atoms with Gasteiger partial charge in [0, 0.05) is 24.2 Å². The molecular weight excluding hydrogens is 452 g/mol. The topological polar surface area (TPSA) is 88.9 Å². The van der Waals surface area contributed by atoms with Crippen molar-refractivity contribution in [1.82, 2.24) is 30.1 Å². The smallest absolute Gasteiger partial charge is 0.252 e. The number of tetrazole rings is 1. The number of ether oxygens (including phenoxy) is 1. The molecule has 2 aromatic heterocycles. The molecule has 0 radical (unpaired) electrons. The second-order valence-corrected chi connectivity index (χ2v) is 9.81. The second-order valence-electron chi connectivity index (χ2n) is 9.81. The summed E-state index contributed by atoms with van der Waals surface area (Å²) in [6.07, 6.45) is 5.46. The molecule has 1 saturated carbocycles. The molecule has 2 heterocycles. The zero-order valence-corrected chi connectivity index (χ0v) is 21.3. The van der Waals surface area contributed by atoms with Crippen LogP contribution < -0.4 is 10.3 Å². The summed E-state index contributed by atoms with van der Waals surface area (Å²) in [5.74, 6) is 1.70. The van der Waals surface area contributed by atoms with E-state index in [2.05, 4.69) is 57.5 Å². The number of rotatable bonds is 9. The second kappa shape index (κ2) is 10.6. The van der Waals surface area contributed by atoms with Crippen molar-refractivity contribution in [2.75, 3.05) is 7.11 Å². The predicted octanol–water partition coefficient (Wildman–Crippen LogP) is 5.10. The number of benzene rings is 2. The van der Waals surface area contributed by atoms with E-state index in [1.807, 2.05) is 35.0 Å². The number of methoxy groups -OCH3 is 1. The maximum atomic E-state index is 13.1. The van der Waals surface area contributed by atoms with E-state index in [9.17, 15) is 4.79 Å². The van der Waals surface area contributed by atoms with Crippen LogP contribution in [0.15, 0.2) is 53.3 Å². The number of hydrogen-bond acceptors (Lipinski definition) is 6. The van der Waals surface area contributed by atoms with Gasteiger partial charge in [-0.15, -0.1) is 5.10 Å². The highest BCUT2D eigenvalue weighted by atomic mass is 16.5. The fraction of sp³-hybridized carbons (Fsp3) is 0.429. The minimum Gasteiger partial charge on any atom is -0.497 e. The molecule has 0 aliphatic heterocycles. The van der Waals surface area contributed by atoms with Gasteiger partial charge in [-0.25, -0.2) is 4.68 Å². The van der Waals surface area contributed by atoms with Crippen LogP contribution in [0.4, 0.5) is 0 Å². The Bertz CT molecular complexity index is 1370. The highest BCUT2D eigenvalue weighted by Gasteiger charge is 2.29. The number of fused-ring (bicyclic) bond motifs is 1. The normalized spacial score (nSPS) is 15.1. The van der Waals surface area contributed by atoms with Crippen molar-refractivity contribution < 1.29 is 4.74 Å². The third-order valence-electron chi connectivity index (χ3n) is 7.31. The van der Waals surface area contributed by atoms with Gasteiger partial charge in [-0.05, 0) is 77.9 Å². The van der Waals surface area contributed by atoms with Gasteiger partial charge in [0.2, 0.25) is 0 Å². The lowest BCUT2D eigenvalue weighted by Crippen LogP contribution is -2.32. The number of aryl methyl sites for hydroxylation is 1. The Balaban J connectivity index is 1.53. The maximum Gasteiger partial charge on any atom is 0.252 e. The van der Waals surface area contributed by atoms with E-state index in [1.54, 1.807) is 7.11 Å². The van der Waals surface area contributed by atoms with Crippen molar-refractivity contribution in [1.29, 1.82) is 0 Å². The number of hydrogen-bond donors (Lipinski definition) is 1. The maximum absolute atomic E-state index is 13.1. The molecule has 4 aromatic rings. The number of aromatic amines is 1. The quantitative estimate of drug-likeness (QED) is 0.354. The molecule has 2 aromatic carbocycles. The lowest BCUT2D eigenvalue weighted by Gasteiger charge is -2.31. The number of pyridine rings is 1. The van der Waals surface area contributed by atoms with Gasteiger partial charge in [0.05, 0.1) is 19.2 Å². The molecule has 1 aliphatic carbocycles. The first-order valence-corrected chi connectivity index (χ1v) is 12.8. The van der Waals surface area contributed by atoms with Crippen LogP contribution in [0.1, 0.15) is 73.6 Å². The van der Waals surface area contributed by atoms with Gasteiger partial charge in [-0.3, -0.25) is 9.69 Å². The lowest BCUT2D eigenvalue weighted by molar-refractivity contribution is 0.158. The molecule has 1 aliphatic rings. The largest absolute Gasteiger partial charge is 0.497 e. The van der Waals surface area contributed by atoms with Crippen LogP contribution in [0, 0.1) is 6.92 Å². The highest BCUT2D eigenvalue weighted by Crippen LogP contribution is 2.33. The first kappa shape index (κ1) is 24.2. The summed E-state index contributed by atoms with van der Waals surface area (Å²) in [6.45, 7) is 5.37. The molecule has 1 fully saturated rings. The van der Waals surface area contributed by atoms with E-state index >= 15 is 0 Å². The average Bonchev–Trinajstić information content (AvgIpc) is 3.58. The summed E-state index contributed by atoms with van der Waals surface area (Å²) in [7, 11) is 1.67. The summed E-state index contributed by atoms with van der Waals surface area (Å²) in [6, 6.07) is 16.5. The van der Waals surface area contributed by atoms with Crippen molar-refractivity contribution in [3.63, 3.8) is 0 Å². The van der Waals surface area contributed by atoms with Crippen LogP contribution in [0.5, 0.6) is 5.75 Å². The average molecular weight is 487 g/mol. The molecule has 0 amide bonds. The van der Waals surface area contributed by atoms with Crippen LogP contribution in [0.3, 0.4) is 0 Å². The Labute approximate surface area is 211 Å². The number of aromatic nitrogens is 5. The van der Waals surface area contributed by atoms with Crippen molar-refractivity contribution >= 4 is 10.9 Å². The fourth-order valence-corrected chi connectivity index (χ4v) is 5.38. The standard InChI is InChI=1S/C28H34N6O2/c1-4-26(27-30-31-32-34(27)23-7-5-6-8-23)33(17-20-10-12-24(36-3)13-11-20)18-22-16-21-15-19(2)9-14-25(21)29-28(22)35/h9-16,23,26H,4-8,17-18H2,1-3H3,(H,29,35)/t26-/m1/s1. The summed E-state index contributed by atoms with van der Waals surface area (Å²) >= 11 is 0. The SMILES string of the molecule is CC[C@H](c1nnnn1C1CCCC1)N(Cc1ccc(OC)cc1)Cc1cc2cc(C)ccc2[nH]c1=O. The first-order chi connectivity index (χ1) is 17.6. The number of H-pyrrole nitrogens is 1. The molecule has 0 saturated heterocycles. The third kappa shape index (κ3) is 5.04. The molecule has 1 atom stereocenters. The van der Waals surface area contributed by atoms with E-state index < -0.39 is 0 Å². The van der Waals surface area contributed by atoms with Crippen molar-refractivity contribution in [2.45, 2.75) is 71.1 Å². The van der Waals surface area contributed by atoms with E-state index in [1.165, 1.54) is 12.8 Å². The molecule has 0 bridgehead atoms. The van der Waals surface area contributed by atoms with Gasteiger partial charge in [-0.2, -0.15) is 0 Å². The number of nitrogens with one attached hydrogen (secondary N) is 1. The predicted molar refractivity (Wildman–Crippen MR) is 140 cm³/mol. The molecule has 8 heteroatoms. The summed E-state index contributed by atoms with van der Waals surface area (Å²) < 4.78 is 7.39. The van der Waals surface area contributed by atoms with Gasteiger partial charge in [0.15, 0.2) is 5.82 Å². The Morgan fingerprint density at radius 1 is 1.11 bits per heavy atom. The molecule has 36 heavy (non-hydrogen) atoms. The highest BCUT2D eigenvalue weighted by molar-refractivity contribution is 5.79. The molecule has 188 valence electrons. The molecule has 0 unspecified atom stereocenters. The van der Waals surface area contributed by atoms with Crippen LogP contribution >= 0.6 is 0 Å². The van der Waals surface area contributed by atoms with E-state index in [4.69, 9.17) is 4.74 Å². The third-order valence-corrected chi connectivity index (χ3v) is 7.31. The molecular formula is C28H34N6O2. The van der Waals surface area contributed by atoms with E-state index in [0.29, 0.717) is 19.1 Å². The van der Waals surface area contributed by atoms with Gasteiger partial charge < -0.3 is 9.72 Å². The lowest BCUT2D eigenvalue weighted by atomic mass is 10.1. The zero-order chi connectivity index (χ0) is 25.1. The Morgan fingerprint density at radius 2 is 1.89 bits per heavy atom. The van der Waals surface area contributed by atoms with Crippen LogP contribution in [-0.2, 0) is 13.1 Å². The van der Waals surface area contributed by atoms with Crippen molar-refractivity contribution in [2.24, 2.45) is 0 Å². The molecule has 5 rings (SSSR count). The summed E-state index contributed by atoms with van der Waals surface area (Å²) in [5.41, 5.74) is 3.84. The van der Waals surface area contributed by atoms with Crippen LogP contribution in [0.2, 0.25) is 0 Å². The first-order valence-electron chi connectivity index (χ1n) is 12.8. The minimum absolute atomic E-state index is 0.0321. The fourth-order valence-electron chi connectivity index (χ4n) is 5.38. The van der Waals surface area contributed by atoms with E-state index in [-0.39, 0.29) is 11.6 Å². The van der Waals surface area contributed by atoms with E-state index in [0.717, 1.165) is 58.4 Å². The van der Waals surface area contributed by atoms with Gasteiger partial charge >= 0.3 is 0 Å².